The molecular weight excluding hydrogens is 434 g/mol. The first kappa shape index (κ1) is 20.1. The van der Waals surface area contributed by atoms with E-state index in [1.165, 1.54) is 11.3 Å². The number of benzene rings is 3. The molecule has 35 heavy (non-hydrogen) atoms. The van der Waals surface area contributed by atoms with Gasteiger partial charge in [0.05, 0.1) is 38.4 Å². The summed E-state index contributed by atoms with van der Waals surface area (Å²) in [7, 11) is 4.17. The molecule has 0 fully saturated rings. The zero-order chi connectivity index (χ0) is 23.5. The Balaban J connectivity index is 1.52. The van der Waals surface area contributed by atoms with Crippen LogP contribution in [0.15, 0.2) is 72.0 Å². The van der Waals surface area contributed by atoms with Crippen molar-refractivity contribution in [2.45, 2.75) is 19.6 Å². The lowest BCUT2D eigenvalue weighted by atomic mass is 9.95. The van der Waals surface area contributed by atoms with E-state index in [1.807, 2.05) is 17.9 Å². The zero-order valence-corrected chi connectivity index (χ0v) is 19.7. The van der Waals surface area contributed by atoms with Crippen LogP contribution < -0.4 is 0 Å². The summed E-state index contributed by atoms with van der Waals surface area (Å²) in [4.78, 5) is 15.5. The number of aryl methyl sites for hydroxylation is 1. The van der Waals surface area contributed by atoms with Gasteiger partial charge in [0.2, 0.25) is 5.82 Å². The molecule has 7 rings (SSSR count). The number of aromatic amines is 1. The fourth-order valence-electron chi connectivity index (χ4n) is 5.24. The highest BCUT2D eigenvalue weighted by molar-refractivity contribution is 6.10. The van der Waals surface area contributed by atoms with E-state index in [2.05, 4.69) is 92.6 Å². The molecule has 0 saturated heterocycles. The Bertz CT molecular complexity index is 1700. The van der Waals surface area contributed by atoms with Crippen molar-refractivity contribution in [1.29, 1.82) is 0 Å². The molecule has 7 nitrogen and oxygen atoms in total. The Hall–Kier alpha value is -4.32. The van der Waals surface area contributed by atoms with E-state index in [0.29, 0.717) is 6.54 Å². The van der Waals surface area contributed by atoms with E-state index < -0.39 is 0 Å². The maximum Gasteiger partial charge on any atom is 0.414 e. The zero-order valence-electron chi connectivity index (χ0n) is 19.7. The van der Waals surface area contributed by atoms with Gasteiger partial charge < -0.3 is 4.98 Å². The molecule has 3 aromatic carbocycles. The van der Waals surface area contributed by atoms with Crippen LogP contribution in [-0.2, 0) is 26.7 Å². The summed E-state index contributed by atoms with van der Waals surface area (Å²) >= 11 is 0. The fourth-order valence-corrected chi connectivity index (χ4v) is 5.24. The molecule has 5 aromatic rings. The van der Waals surface area contributed by atoms with Crippen molar-refractivity contribution in [2.75, 3.05) is 7.05 Å². The van der Waals surface area contributed by atoms with Crippen LogP contribution in [0.2, 0.25) is 0 Å². The molecule has 170 valence electrons. The molecular formula is C28H24N7+. The number of hydrogen-bond donors (Lipinski definition) is 1. The predicted octanol–water partition coefficient (Wildman–Crippen LogP) is 4.59. The molecule has 0 aliphatic carbocycles. The van der Waals surface area contributed by atoms with Gasteiger partial charge in [-0.3, -0.25) is 9.58 Å². The molecule has 0 atom stereocenters. The van der Waals surface area contributed by atoms with Crippen LogP contribution in [0.5, 0.6) is 0 Å². The van der Waals surface area contributed by atoms with Gasteiger partial charge in [-0.15, -0.1) is 0 Å². The van der Waals surface area contributed by atoms with Crippen LogP contribution in [0.1, 0.15) is 28.2 Å². The van der Waals surface area contributed by atoms with Gasteiger partial charge in [-0.1, -0.05) is 42.5 Å². The molecule has 7 heteroatoms. The van der Waals surface area contributed by atoms with E-state index in [9.17, 15) is 0 Å². The van der Waals surface area contributed by atoms with Crippen LogP contribution in [0.4, 0.5) is 0 Å². The normalized spacial score (nSPS) is 14.9. The summed E-state index contributed by atoms with van der Waals surface area (Å²) in [6.07, 6.45) is 1.96. The van der Waals surface area contributed by atoms with Crippen molar-refractivity contribution < 1.29 is 4.79 Å². The molecule has 0 radical (unpaired) electrons. The minimum Gasteiger partial charge on any atom is -0.332 e. The number of rotatable bonds is 0. The van der Waals surface area contributed by atoms with Crippen LogP contribution in [0.25, 0.3) is 33.3 Å². The molecule has 6 bridgehead atoms. The summed E-state index contributed by atoms with van der Waals surface area (Å²) < 4.78 is 1.98. The average Bonchev–Trinajstić information content (AvgIpc) is 3.46. The quantitative estimate of drug-likeness (QED) is 0.345. The number of aromatic nitrogens is 4. The van der Waals surface area contributed by atoms with E-state index in [4.69, 9.17) is 4.98 Å². The lowest BCUT2D eigenvalue weighted by Crippen LogP contribution is -2.20. The van der Waals surface area contributed by atoms with E-state index in [1.54, 1.807) is 0 Å². The molecule has 0 unspecified atom stereocenters. The van der Waals surface area contributed by atoms with Crippen molar-refractivity contribution in [3.63, 3.8) is 0 Å². The lowest BCUT2D eigenvalue weighted by molar-refractivity contribution is -0.0951. The van der Waals surface area contributed by atoms with Crippen molar-refractivity contribution in [3.05, 3.63) is 95.1 Å². The first-order chi connectivity index (χ1) is 17.1. The number of nitrogens with one attached hydrogen (secondary N) is 1. The van der Waals surface area contributed by atoms with Gasteiger partial charge >= 0.3 is 5.71 Å². The number of imidazole rings is 1. The first-order valence-corrected chi connectivity index (χ1v) is 11.8. The van der Waals surface area contributed by atoms with Gasteiger partial charge in [0.25, 0.3) is 0 Å². The first-order valence-electron chi connectivity index (χ1n) is 11.8. The molecule has 4 heterocycles. The molecule has 2 aliphatic rings. The Kier molecular flexibility index (Phi) is 4.36. The third kappa shape index (κ3) is 3.25. The second kappa shape index (κ2) is 7.60. The second-order valence-corrected chi connectivity index (χ2v) is 9.41. The summed E-state index contributed by atoms with van der Waals surface area (Å²) in [5, 5.41) is 9.01. The number of nitrogens with zero attached hydrogens (tertiary/aromatic N) is 6. The van der Waals surface area contributed by atoms with Gasteiger partial charge in [0.15, 0.2) is 0 Å². The van der Waals surface area contributed by atoms with Gasteiger partial charge in [0.1, 0.15) is 6.54 Å². The molecule has 0 saturated carbocycles. The van der Waals surface area contributed by atoms with Crippen LogP contribution in [0.3, 0.4) is 0 Å². The standard InChI is InChI=1S/C28H23N7/c1-34-15-17-5-3-6-18(11-17)21-7-4-8-24-26(21)32-28(31-24)27-22-12-19(9-10-20(22)13-29-33-27)23-14-30-35(2)25(23)16-34/h3-12,14H,13,15-16H2,1-2H3/p+1. The molecule has 2 aliphatic heterocycles. The highest BCUT2D eigenvalue weighted by Gasteiger charge is 2.30. The van der Waals surface area contributed by atoms with Gasteiger partial charge in [-0.25, -0.2) is 4.98 Å². The van der Waals surface area contributed by atoms with Crippen molar-refractivity contribution >= 4 is 16.7 Å². The van der Waals surface area contributed by atoms with E-state index in [0.717, 1.165) is 69.0 Å². The highest BCUT2D eigenvalue weighted by atomic mass is 15.3. The van der Waals surface area contributed by atoms with Crippen molar-refractivity contribution in [3.8, 4) is 22.3 Å². The van der Waals surface area contributed by atoms with Crippen LogP contribution in [-0.4, -0.2) is 42.2 Å². The third-order valence-corrected chi connectivity index (χ3v) is 7.00. The number of hydrogen-bond acceptors (Lipinski definition) is 4. The summed E-state index contributed by atoms with van der Waals surface area (Å²) in [6, 6.07) is 21.6. The van der Waals surface area contributed by atoms with Crippen LogP contribution in [0, 0.1) is 0 Å². The maximum atomic E-state index is 5.05. The maximum absolute atomic E-state index is 5.05. The molecule has 1 N–H and O–H groups in total. The molecule has 0 amide bonds. The minimum absolute atomic E-state index is 0.569. The van der Waals surface area contributed by atoms with Gasteiger partial charge in [-0.05, 0) is 47.5 Å². The number of fused-ring (bicyclic) bond motifs is 8. The Morgan fingerprint density at radius 2 is 1.77 bits per heavy atom. The van der Waals surface area contributed by atoms with Gasteiger partial charge in [0, 0.05) is 31.3 Å². The average molecular weight is 459 g/mol. The third-order valence-electron chi connectivity index (χ3n) is 7.00. The van der Waals surface area contributed by atoms with E-state index in [-0.39, 0.29) is 0 Å². The topological polar surface area (TPSA) is 76.2 Å². The Morgan fingerprint density at radius 3 is 2.71 bits per heavy atom. The lowest BCUT2D eigenvalue weighted by Gasteiger charge is -2.19. The number of H-pyrrole nitrogens is 1. The summed E-state index contributed by atoms with van der Waals surface area (Å²) in [5.74, 6) is 0.740. The molecule has 0 spiro atoms. The highest BCUT2D eigenvalue weighted by Crippen LogP contribution is 2.32. The fraction of sp³-hybridized carbons (Fsp3) is 0.179. The Morgan fingerprint density at radius 1 is 0.886 bits per heavy atom. The summed E-state index contributed by atoms with van der Waals surface area (Å²) in [5.41, 5.74) is 11.9. The Labute approximate surface area is 202 Å². The number of para-hydroxylation sites is 1. The van der Waals surface area contributed by atoms with Crippen molar-refractivity contribution in [2.24, 2.45) is 12.2 Å². The van der Waals surface area contributed by atoms with Crippen molar-refractivity contribution in [1.82, 2.24) is 24.6 Å². The monoisotopic (exact) mass is 458 g/mol. The summed E-state index contributed by atoms with van der Waals surface area (Å²) in [6.45, 7) is 2.20. The minimum atomic E-state index is 0.569. The predicted molar refractivity (Wildman–Crippen MR) is 135 cm³/mol. The molecule has 2 aromatic heterocycles. The smallest absolute Gasteiger partial charge is 0.332 e. The SMILES string of the molecule is CN1Cc2cccc(c2)-c2cccc3[nH]c(nc23)C2=[N+]=NCc3ccc(cc32)-c2cnn(C)c2C1. The van der Waals surface area contributed by atoms with E-state index >= 15 is 0 Å². The largest absolute Gasteiger partial charge is 0.414 e. The second-order valence-electron chi connectivity index (χ2n) is 9.41. The van der Waals surface area contributed by atoms with Crippen LogP contribution >= 0.6 is 0 Å². The van der Waals surface area contributed by atoms with Gasteiger partial charge in [-0.2, -0.15) is 5.10 Å².